The van der Waals surface area contributed by atoms with E-state index in [2.05, 4.69) is 5.32 Å². The summed E-state index contributed by atoms with van der Waals surface area (Å²) in [5.74, 6) is -2.23. The number of amides is 2. The fraction of sp³-hybridized carbons (Fsp3) is 0.400. The Hall–Kier alpha value is -3.95. The number of para-hydroxylation sites is 1. The normalized spacial score (nSPS) is 18.9. The number of methoxy groups -OCH3 is 1. The minimum absolute atomic E-state index is 0.0725. The highest BCUT2D eigenvalue weighted by Crippen LogP contribution is 2.36. The molecule has 1 aliphatic carbocycles. The van der Waals surface area contributed by atoms with Crippen molar-refractivity contribution in [3.8, 4) is 5.75 Å². The number of nitrogens with zero attached hydrogens (tertiary/aromatic N) is 2. The summed E-state index contributed by atoms with van der Waals surface area (Å²) in [6, 6.07) is 11.6. The molecule has 184 valence electrons. The van der Waals surface area contributed by atoms with Gasteiger partial charge in [-0.05, 0) is 37.0 Å². The number of fused-ring (bicyclic) bond motifs is 1. The first-order valence-corrected chi connectivity index (χ1v) is 11.6. The number of hydrogen-bond acceptors (Lipinski definition) is 7. The van der Waals surface area contributed by atoms with E-state index in [0.29, 0.717) is 19.4 Å². The maximum atomic E-state index is 13.4. The van der Waals surface area contributed by atoms with Gasteiger partial charge in [0.1, 0.15) is 5.75 Å². The quantitative estimate of drug-likeness (QED) is 0.364. The fourth-order valence-corrected chi connectivity index (χ4v) is 4.80. The van der Waals surface area contributed by atoms with Gasteiger partial charge in [0.2, 0.25) is 5.91 Å². The van der Waals surface area contributed by atoms with Gasteiger partial charge in [-0.2, -0.15) is 0 Å². The van der Waals surface area contributed by atoms with Gasteiger partial charge in [-0.15, -0.1) is 0 Å². The van der Waals surface area contributed by atoms with Crippen LogP contribution >= 0.6 is 0 Å². The second-order valence-electron chi connectivity index (χ2n) is 8.66. The highest BCUT2D eigenvalue weighted by atomic mass is 16.6. The molecule has 1 heterocycles. The second-order valence-corrected chi connectivity index (χ2v) is 8.66. The number of non-ortho nitro benzene ring substituents is 1. The van der Waals surface area contributed by atoms with Crippen molar-refractivity contribution in [1.82, 2.24) is 0 Å². The molecule has 10 heteroatoms. The molecule has 0 spiro atoms. The van der Waals surface area contributed by atoms with E-state index in [1.165, 1.54) is 25.3 Å². The van der Waals surface area contributed by atoms with E-state index >= 15 is 0 Å². The van der Waals surface area contributed by atoms with Crippen molar-refractivity contribution < 1.29 is 28.8 Å². The topological polar surface area (TPSA) is 128 Å². The number of ether oxygens (including phenoxy) is 2. The van der Waals surface area contributed by atoms with Gasteiger partial charge in [-0.25, -0.2) is 0 Å². The van der Waals surface area contributed by atoms with E-state index in [1.807, 2.05) is 24.3 Å². The van der Waals surface area contributed by atoms with Crippen LogP contribution in [0, 0.1) is 22.0 Å². The summed E-state index contributed by atoms with van der Waals surface area (Å²) >= 11 is 0. The van der Waals surface area contributed by atoms with Crippen LogP contribution in [-0.4, -0.2) is 43.0 Å². The molecule has 10 nitrogen and oxygen atoms in total. The van der Waals surface area contributed by atoms with Crippen LogP contribution in [0.15, 0.2) is 42.5 Å². The molecule has 35 heavy (non-hydrogen) atoms. The lowest BCUT2D eigenvalue weighted by molar-refractivity contribution is -0.384. The molecular formula is C25H27N3O7. The predicted molar refractivity (Wildman–Crippen MR) is 127 cm³/mol. The zero-order valence-corrected chi connectivity index (χ0v) is 19.4. The summed E-state index contributed by atoms with van der Waals surface area (Å²) < 4.78 is 10.4. The Balaban J connectivity index is 1.37. The third kappa shape index (κ3) is 5.26. The van der Waals surface area contributed by atoms with Crippen LogP contribution in [0.3, 0.4) is 0 Å². The molecule has 4 rings (SSSR count). The number of nitro groups is 1. The number of benzene rings is 2. The average molecular weight is 482 g/mol. The van der Waals surface area contributed by atoms with Gasteiger partial charge in [-0.3, -0.25) is 24.5 Å². The number of carbonyl (C=O) groups excluding carboxylic acids is 3. The third-order valence-electron chi connectivity index (χ3n) is 6.55. The Morgan fingerprint density at radius 2 is 1.86 bits per heavy atom. The molecule has 2 atom stereocenters. The highest BCUT2D eigenvalue weighted by Gasteiger charge is 2.40. The van der Waals surface area contributed by atoms with Crippen LogP contribution in [0.25, 0.3) is 0 Å². The van der Waals surface area contributed by atoms with Crippen LogP contribution in [0.5, 0.6) is 5.75 Å². The summed E-state index contributed by atoms with van der Waals surface area (Å²) in [7, 11) is 1.33. The van der Waals surface area contributed by atoms with Crippen LogP contribution in [0.1, 0.15) is 31.2 Å². The number of esters is 1. The molecule has 0 bridgehead atoms. The van der Waals surface area contributed by atoms with E-state index in [4.69, 9.17) is 9.47 Å². The standard InChI is InChI=1S/C25H27N3O7/c1-34-22-14-17(28(32)33)10-11-20(22)26-23(29)15-35-25(31)19-8-4-3-7-18(19)24(30)27-13-12-16-6-2-5-9-21(16)27/h2,5-6,9-11,14,18-19H,3-4,7-8,12-13,15H2,1H3,(H,26,29). The highest BCUT2D eigenvalue weighted by molar-refractivity contribution is 5.99. The predicted octanol–water partition coefficient (Wildman–Crippen LogP) is 3.48. The molecule has 2 aromatic rings. The molecule has 0 radical (unpaired) electrons. The Bertz CT molecular complexity index is 1150. The Labute approximate surface area is 202 Å². The van der Waals surface area contributed by atoms with Crippen molar-refractivity contribution in [2.45, 2.75) is 32.1 Å². The lowest BCUT2D eigenvalue weighted by atomic mass is 9.78. The maximum absolute atomic E-state index is 13.4. The molecule has 2 aromatic carbocycles. The average Bonchev–Trinajstić information content (AvgIpc) is 3.31. The van der Waals surface area contributed by atoms with Crippen LogP contribution in [0.2, 0.25) is 0 Å². The van der Waals surface area contributed by atoms with Crippen molar-refractivity contribution in [2.24, 2.45) is 11.8 Å². The molecule has 2 aliphatic rings. The molecule has 1 N–H and O–H groups in total. The van der Waals surface area contributed by atoms with Crippen LogP contribution in [0.4, 0.5) is 17.1 Å². The number of rotatable bonds is 7. The first kappa shape index (κ1) is 24.2. The van der Waals surface area contributed by atoms with Crippen molar-refractivity contribution in [3.63, 3.8) is 0 Å². The monoisotopic (exact) mass is 481 g/mol. The molecule has 0 aromatic heterocycles. The fourth-order valence-electron chi connectivity index (χ4n) is 4.80. The van der Waals surface area contributed by atoms with Gasteiger partial charge in [0, 0.05) is 18.3 Å². The van der Waals surface area contributed by atoms with Gasteiger partial charge in [-0.1, -0.05) is 31.0 Å². The number of hydrogen-bond donors (Lipinski definition) is 1. The number of nitrogens with one attached hydrogen (secondary N) is 1. The summed E-state index contributed by atoms with van der Waals surface area (Å²) in [5.41, 5.74) is 2.05. The largest absolute Gasteiger partial charge is 0.494 e. The van der Waals surface area contributed by atoms with Crippen LogP contribution in [-0.2, 0) is 25.5 Å². The summed E-state index contributed by atoms with van der Waals surface area (Å²) in [6.45, 7) is 0.0544. The number of carbonyl (C=O) groups is 3. The summed E-state index contributed by atoms with van der Waals surface area (Å²) in [5, 5.41) is 13.5. The van der Waals surface area contributed by atoms with E-state index in [0.717, 1.165) is 30.5 Å². The van der Waals surface area contributed by atoms with E-state index in [-0.39, 0.29) is 23.0 Å². The maximum Gasteiger partial charge on any atom is 0.310 e. The first-order chi connectivity index (χ1) is 16.9. The minimum atomic E-state index is -0.613. The van der Waals surface area contributed by atoms with Gasteiger partial charge >= 0.3 is 5.97 Å². The third-order valence-corrected chi connectivity index (χ3v) is 6.55. The SMILES string of the molecule is COc1cc([N+](=O)[O-])ccc1NC(=O)COC(=O)C1CCCCC1C(=O)N1CCc2ccccc21. The second kappa shape index (κ2) is 10.5. The van der Waals surface area contributed by atoms with Crippen molar-refractivity contribution >= 4 is 34.8 Å². The Kier molecular flexibility index (Phi) is 7.28. The van der Waals surface area contributed by atoms with E-state index in [9.17, 15) is 24.5 Å². The summed E-state index contributed by atoms with van der Waals surface area (Å²) in [6.07, 6.45) is 3.59. The van der Waals surface area contributed by atoms with Gasteiger partial charge < -0.3 is 19.7 Å². The van der Waals surface area contributed by atoms with E-state index < -0.39 is 35.2 Å². The lowest BCUT2D eigenvalue weighted by Gasteiger charge is -2.32. The van der Waals surface area contributed by atoms with Crippen molar-refractivity contribution in [1.29, 1.82) is 0 Å². The Morgan fingerprint density at radius 3 is 2.60 bits per heavy atom. The van der Waals surface area contributed by atoms with Crippen molar-refractivity contribution in [2.75, 3.05) is 30.5 Å². The van der Waals surface area contributed by atoms with E-state index in [1.54, 1.807) is 4.90 Å². The lowest BCUT2D eigenvalue weighted by Crippen LogP contribution is -2.42. The molecule has 1 saturated carbocycles. The molecule has 0 saturated heterocycles. The summed E-state index contributed by atoms with van der Waals surface area (Å²) in [4.78, 5) is 50.8. The molecule has 1 aliphatic heterocycles. The zero-order valence-electron chi connectivity index (χ0n) is 19.4. The van der Waals surface area contributed by atoms with Gasteiger partial charge in [0.15, 0.2) is 6.61 Å². The Morgan fingerprint density at radius 1 is 1.11 bits per heavy atom. The minimum Gasteiger partial charge on any atom is -0.494 e. The zero-order chi connectivity index (χ0) is 24.9. The number of anilines is 2. The molecule has 1 fully saturated rings. The number of nitro benzene ring substituents is 1. The first-order valence-electron chi connectivity index (χ1n) is 11.6. The molecule has 2 amide bonds. The smallest absolute Gasteiger partial charge is 0.310 e. The van der Waals surface area contributed by atoms with Gasteiger partial charge in [0.25, 0.3) is 11.6 Å². The molecular weight excluding hydrogens is 454 g/mol. The van der Waals surface area contributed by atoms with Gasteiger partial charge in [0.05, 0.1) is 35.6 Å². The van der Waals surface area contributed by atoms with Crippen LogP contribution < -0.4 is 15.0 Å². The molecule has 2 unspecified atom stereocenters. The van der Waals surface area contributed by atoms with Crippen molar-refractivity contribution in [3.05, 3.63) is 58.1 Å².